The van der Waals surface area contributed by atoms with Gasteiger partial charge in [-0.2, -0.15) is 0 Å². The molecule has 3 nitrogen and oxygen atoms in total. The van der Waals surface area contributed by atoms with Gasteiger partial charge in [-0.15, -0.1) is 0 Å². The quantitative estimate of drug-likeness (QED) is 0.735. The highest BCUT2D eigenvalue weighted by molar-refractivity contribution is 5.86. The molecule has 0 spiro atoms. The van der Waals surface area contributed by atoms with Gasteiger partial charge < -0.3 is 4.74 Å². The third-order valence-corrected chi connectivity index (χ3v) is 4.03. The molecule has 0 saturated heterocycles. The van der Waals surface area contributed by atoms with Gasteiger partial charge in [0.1, 0.15) is 5.78 Å². The van der Waals surface area contributed by atoms with Crippen LogP contribution in [0.3, 0.4) is 0 Å². The topological polar surface area (TPSA) is 43.4 Å². The minimum atomic E-state index is -0.474. The molecule has 1 fully saturated rings. The predicted molar refractivity (Wildman–Crippen MR) is 80.3 cm³/mol. The Balaban J connectivity index is 2.66. The van der Waals surface area contributed by atoms with Crippen molar-refractivity contribution in [2.75, 3.05) is 6.61 Å². The molecule has 0 aromatic heterocycles. The van der Waals surface area contributed by atoms with Gasteiger partial charge in [-0.1, -0.05) is 33.6 Å². The van der Waals surface area contributed by atoms with Crippen LogP contribution in [0.25, 0.3) is 0 Å². The number of esters is 1. The predicted octanol–water partition coefficient (Wildman–Crippen LogP) is 4.00. The fraction of sp³-hybridized carbons (Fsp3) is 0.882. The van der Waals surface area contributed by atoms with Crippen LogP contribution in [-0.4, -0.2) is 18.4 Å². The molecule has 0 aliphatic heterocycles. The van der Waals surface area contributed by atoms with Gasteiger partial charge in [-0.3, -0.25) is 9.59 Å². The molecule has 1 rings (SSSR count). The van der Waals surface area contributed by atoms with Gasteiger partial charge in [-0.05, 0) is 33.6 Å². The van der Waals surface area contributed by atoms with E-state index in [1.807, 2.05) is 41.5 Å². The van der Waals surface area contributed by atoms with Crippen molar-refractivity contribution in [3.8, 4) is 0 Å². The zero-order valence-corrected chi connectivity index (χ0v) is 13.9. The molecule has 0 bridgehead atoms. The van der Waals surface area contributed by atoms with E-state index in [1.165, 1.54) is 0 Å². The summed E-state index contributed by atoms with van der Waals surface area (Å²) >= 11 is 0. The summed E-state index contributed by atoms with van der Waals surface area (Å²) in [6.45, 7) is 11.9. The number of hydrogen-bond acceptors (Lipinski definition) is 3. The van der Waals surface area contributed by atoms with Crippen molar-refractivity contribution in [1.82, 2.24) is 0 Å². The Hall–Kier alpha value is -0.860. The number of hydrogen-bond donors (Lipinski definition) is 0. The number of ketones is 1. The van der Waals surface area contributed by atoms with Gasteiger partial charge in [0, 0.05) is 17.3 Å². The zero-order chi connectivity index (χ0) is 15.6. The first-order valence-electron chi connectivity index (χ1n) is 7.75. The van der Waals surface area contributed by atoms with Crippen LogP contribution in [0.4, 0.5) is 0 Å². The fourth-order valence-corrected chi connectivity index (χ4v) is 2.71. The summed E-state index contributed by atoms with van der Waals surface area (Å²) in [6, 6.07) is 0. The average molecular weight is 282 g/mol. The SMILES string of the molecule is CC(C)(C)C(=O)OCC1CCCCC1C(=O)C(C)(C)C. The van der Waals surface area contributed by atoms with Gasteiger partial charge >= 0.3 is 5.97 Å². The lowest BCUT2D eigenvalue weighted by Gasteiger charge is -2.34. The number of ether oxygens (including phenoxy) is 1. The van der Waals surface area contributed by atoms with Crippen LogP contribution in [0.2, 0.25) is 0 Å². The van der Waals surface area contributed by atoms with Gasteiger partial charge in [0.15, 0.2) is 0 Å². The molecule has 1 aliphatic rings. The molecule has 0 amide bonds. The lowest BCUT2D eigenvalue weighted by Crippen LogP contribution is -2.38. The standard InChI is InChI=1S/C17H30O3/c1-16(2,3)14(18)13-10-8-7-9-12(13)11-20-15(19)17(4,5)6/h12-13H,7-11H2,1-6H3. The highest BCUT2D eigenvalue weighted by atomic mass is 16.5. The second-order valence-corrected chi connectivity index (χ2v) is 8.11. The van der Waals surface area contributed by atoms with Crippen molar-refractivity contribution in [3.05, 3.63) is 0 Å². The highest BCUT2D eigenvalue weighted by Gasteiger charge is 2.37. The first-order valence-corrected chi connectivity index (χ1v) is 7.75. The van der Waals surface area contributed by atoms with Crippen molar-refractivity contribution >= 4 is 11.8 Å². The van der Waals surface area contributed by atoms with Gasteiger partial charge in [0.2, 0.25) is 0 Å². The summed E-state index contributed by atoms with van der Waals surface area (Å²) in [7, 11) is 0. The first-order chi connectivity index (χ1) is 9.03. The first kappa shape index (κ1) is 17.2. The van der Waals surface area contributed by atoms with E-state index < -0.39 is 5.41 Å². The third kappa shape index (κ3) is 4.60. The molecule has 20 heavy (non-hydrogen) atoms. The van der Waals surface area contributed by atoms with E-state index in [2.05, 4.69) is 0 Å². The molecule has 1 aliphatic carbocycles. The average Bonchev–Trinajstić information content (AvgIpc) is 2.33. The Morgan fingerprint density at radius 2 is 1.50 bits per heavy atom. The zero-order valence-electron chi connectivity index (χ0n) is 13.9. The molecule has 2 atom stereocenters. The summed E-state index contributed by atoms with van der Waals surface area (Å²) in [5, 5.41) is 0. The van der Waals surface area contributed by atoms with Crippen LogP contribution in [0.15, 0.2) is 0 Å². The second-order valence-electron chi connectivity index (χ2n) is 8.11. The van der Waals surface area contributed by atoms with E-state index in [9.17, 15) is 9.59 Å². The van der Waals surface area contributed by atoms with Gasteiger partial charge in [0.05, 0.1) is 12.0 Å². The largest absolute Gasteiger partial charge is 0.465 e. The van der Waals surface area contributed by atoms with Crippen LogP contribution in [0.1, 0.15) is 67.2 Å². The van der Waals surface area contributed by atoms with E-state index in [0.717, 1.165) is 25.7 Å². The maximum atomic E-state index is 12.5. The van der Waals surface area contributed by atoms with E-state index in [-0.39, 0.29) is 23.2 Å². The lowest BCUT2D eigenvalue weighted by molar-refractivity contribution is -0.156. The van der Waals surface area contributed by atoms with Crippen LogP contribution < -0.4 is 0 Å². The summed E-state index contributed by atoms with van der Waals surface area (Å²) in [6.07, 6.45) is 4.17. The molecular formula is C17H30O3. The Morgan fingerprint density at radius 1 is 0.950 bits per heavy atom. The van der Waals surface area contributed by atoms with E-state index in [1.54, 1.807) is 0 Å². The van der Waals surface area contributed by atoms with Crippen molar-refractivity contribution in [3.63, 3.8) is 0 Å². The summed E-state index contributed by atoms with van der Waals surface area (Å²) in [5.74, 6) is 0.386. The Kier molecular flexibility index (Phi) is 5.39. The molecule has 0 aromatic carbocycles. The Morgan fingerprint density at radius 3 is 2.00 bits per heavy atom. The lowest BCUT2D eigenvalue weighted by atomic mass is 9.71. The minimum absolute atomic E-state index is 0.0523. The highest BCUT2D eigenvalue weighted by Crippen LogP contribution is 2.36. The summed E-state index contributed by atoms with van der Waals surface area (Å²) < 4.78 is 5.45. The molecule has 0 aromatic rings. The molecule has 0 radical (unpaired) electrons. The number of carbonyl (C=O) groups excluding carboxylic acids is 2. The normalized spacial score (nSPS) is 24.3. The second kappa shape index (κ2) is 6.28. The minimum Gasteiger partial charge on any atom is -0.465 e. The number of Topliss-reactive ketones (excluding diaryl/α,β-unsaturated/α-hetero) is 1. The van der Waals surface area contributed by atoms with Crippen molar-refractivity contribution in [2.24, 2.45) is 22.7 Å². The van der Waals surface area contributed by atoms with Gasteiger partial charge in [-0.25, -0.2) is 0 Å². The van der Waals surface area contributed by atoms with Gasteiger partial charge in [0.25, 0.3) is 0 Å². The van der Waals surface area contributed by atoms with Crippen molar-refractivity contribution < 1.29 is 14.3 Å². The smallest absolute Gasteiger partial charge is 0.311 e. The summed E-state index contributed by atoms with van der Waals surface area (Å²) in [4.78, 5) is 24.4. The van der Waals surface area contributed by atoms with E-state index >= 15 is 0 Å². The maximum Gasteiger partial charge on any atom is 0.311 e. The molecule has 3 heteroatoms. The molecule has 2 unspecified atom stereocenters. The monoisotopic (exact) mass is 282 g/mol. The van der Waals surface area contributed by atoms with Crippen LogP contribution >= 0.6 is 0 Å². The van der Waals surface area contributed by atoms with E-state index in [0.29, 0.717) is 12.4 Å². The van der Waals surface area contributed by atoms with Crippen LogP contribution in [-0.2, 0) is 14.3 Å². The molecule has 0 N–H and O–H groups in total. The van der Waals surface area contributed by atoms with Crippen molar-refractivity contribution in [1.29, 1.82) is 0 Å². The fourth-order valence-electron chi connectivity index (χ4n) is 2.71. The Labute approximate surface area is 123 Å². The van der Waals surface area contributed by atoms with Crippen molar-refractivity contribution in [2.45, 2.75) is 67.2 Å². The van der Waals surface area contributed by atoms with Crippen LogP contribution in [0.5, 0.6) is 0 Å². The maximum absolute atomic E-state index is 12.5. The van der Waals surface area contributed by atoms with E-state index in [4.69, 9.17) is 4.74 Å². The molecule has 116 valence electrons. The van der Waals surface area contributed by atoms with Crippen LogP contribution in [0, 0.1) is 22.7 Å². The molecular weight excluding hydrogens is 252 g/mol. The number of rotatable bonds is 3. The third-order valence-electron chi connectivity index (χ3n) is 4.03. The molecule has 0 heterocycles. The molecule has 1 saturated carbocycles. The number of carbonyl (C=O) groups is 2. The summed E-state index contributed by atoms with van der Waals surface area (Å²) in [5.41, 5.74) is -0.785. The Bertz CT molecular complexity index is 357.